The third kappa shape index (κ3) is 7.16. The van der Waals surface area contributed by atoms with Crippen LogP contribution in [0.1, 0.15) is 62.9 Å². The summed E-state index contributed by atoms with van der Waals surface area (Å²) in [6.07, 6.45) is -9.87. The minimum absolute atomic E-state index is 0.0373. The van der Waals surface area contributed by atoms with Crippen LogP contribution in [0.25, 0.3) is 5.82 Å². The van der Waals surface area contributed by atoms with Crippen LogP contribution in [0.15, 0.2) is 36.5 Å². The van der Waals surface area contributed by atoms with E-state index in [1.54, 1.807) is 26.8 Å². The lowest BCUT2D eigenvalue weighted by molar-refractivity contribution is -0.165. The second-order valence-electron chi connectivity index (χ2n) is 9.64. The summed E-state index contributed by atoms with van der Waals surface area (Å²) < 4.78 is 80.5. The molecule has 9 nitrogen and oxygen atoms in total. The molecule has 1 N–H and O–H groups in total. The fourth-order valence-corrected chi connectivity index (χ4v) is 4.62. The summed E-state index contributed by atoms with van der Waals surface area (Å²) in [6.45, 7) is 4.39. The van der Waals surface area contributed by atoms with Gasteiger partial charge in [-0.3, -0.25) is 9.59 Å². The molecule has 0 aliphatic heterocycles. The molecule has 0 saturated heterocycles. The SMILES string of the molecule is Cc1cc(Cl)cc(C(=O)NC(C)C)c1CC(=O)c1cc(Cn2nc(C(F)(F)F)c(C(F)(F)F)n2)nn1-c1ncccc1Cl. The molecule has 228 valence electrons. The van der Waals surface area contributed by atoms with Crippen LogP contribution < -0.4 is 5.32 Å². The number of nitrogens with one attached hydrogen (secondary N) is 1. The predicted molar refractivity (Wildman–Crippen MR) is 142 cm³/mol. The van der Waals surface area contributed by atoms with E-state index < -0.39 is 42.0 Å². The molecule has 0 aliphatic carbocycles. The molecule has 4 aromatic rings. The fraction of sp³-hybridized carbons (Fsp3) is 0.308. The molecular formula is C26H21Cl2F6N7O2. The summed E-state index contributed by atoms with van der Waals surface area (Å²) in [6, 6.07) is 6.84. The Hall–Kier alpha value is -3.98. The largest absolute Gasteiger partial charge is 0.437 e. The maximum Gasteiger partial charge on any atom is 0.437 e. The van der Waals surface area contributed by atoms with Crippen molar-refractivity contribution in [1.82, 2.24) is 35.1 Å². The third-order valence-electron chi connectivity index (χ3n) is 5.92. The zero-order chi connectivity index (χ0) is 31.9. The van der Waals surface area contributed by atoms with Gasteiger partial charge in [0.15, 0.2) is 23.0 Å². The molecule has 3 aromatic heterocycles. The first-order chi connectivity index (χ1) is 20.0. The highest BCUT2D eigenvalue weighted by Gasteiger charge is 2.48. The van der Waals surface area contributed by atoms with Crippen molar-refractivity contribution in [1.29, 1.82) is 0 Å². The van der Waals surface area contributed by atoms with Crippen molar-refractivity contribution in [3.8, 4) is 5.82 Å². The maximum absolute atomic E-state index is 13.7. The van der Waals surface area contributed by atoms with E-state index in [9.17, 15) is 35.9 Å². The highest BCUT2D eigenvalue weighted by atomic mass is 35.5. The number of benzene rings is 1. The molecule has 0 spiro atoms. The van der Waals surface area contributed by atoms with Crippen molar-refractivity contribution in [2.24, 2.45) is 0 Å². The Kier molecular flexibility index (Phi) is 8.88. The molecule has 17 heteroatoms. The van der Waals surface area contributed by atoms with Gasteiger partial charge >= 0.3 is 12.4 Å². The number of carbonyl (C=O) groups is 2. The normalized spacial score (nSPS) is 12.2. The number of hydrogen-bond donors (Lipinski definition) is 1. The Morgan fingerprint density at radius 1 is 0.977 bits per heavy atom. The Bertz CT molecular complexity index is 1660. The number of pyridine rings is 1. The van der Waals surface area contributed by atoms with Gasteiger partial charge in [-0.15, -0.1) is 10.2 Å². The summed E-state index contributed by atoms with van der Waals surface area (Å²) in [7, 11) is 0. The van der Waals surface area contributed by atoms with Crippen molar-refractivity contribution < 1.29 is 35.9 Å². The molecule has 0 bridgehead atoms. The molecule has 0 aliphatic rings. The molecule has 3 heterocycles. The summed E-state index contributed by atoms with van der Waals surface area (Å²) in [4.78, 5) is 30.9. The Morgan fingerprint density at radius 3 is 2.16 bits per heavy atom. The van der Waals surface area contributed by atoms with Crippen LogP contribution >= 0.6 is 23.2 Å². The number of amides is 1. The van der Waals surface area contributed by atoms with Gasteiger partial charge in [-0.25, -0.2) is 9.67 Å². The summed E-state index contributed by atoms with van der Waals surface area (Å²) in [5.74, 6) is -1.13. The van der Waals surface area contributed by atoms with Crippen LogP contribution in [0.2, 0.25) is 10.0 Å². The predicted octanol–water partition coefficient (Wildman–Crippen LogP) is 6.12. The molecule has 0 unspecified atom stereocenters. The molecule has 0 fully saturated rings. The molecule has 0 atom stereocenters. The van der Waals surface area contributed by atoms with E-state index in [1.165, 1.54) is 24.4 Å². The van der Waals surface area contributed by atoms with Crippen molar-refractivity contribution in [2.45, 2.75) is 52.1 Å². The highest BCUT2D eigenvalue weighted by Crippen LogP contribution is 2.38. The van der Waals surface area contributed by atoms with Crippen molar-refractivity contribution in [3.63, 3.8) is 0 Å². The van der Waals surface area contributed by atoms with Crippen molar-refractivity contribution in [3.05, 3.63) is 86.0 Å². The van der Waals surface area contributed by atoms with Gasteiger partial charge in [-0.1, -0.05) is 23.2 Å². The summed E-state index contributed by atoms with van der Waals surface area (Å²) in [5.41, 5.74) is -3.76. The first-order valence-electron chi connectivity index (χ1n) is 12.4. The van der Waals surface area contributed by atoms with Gasteiger partial charge in [0, 0.05) is 29.2 Å². The smallest absolute Gasteiger partial charge is 0.350 e. The minimum Gasteiger partial charge on any atom is -0.350 e. The number of nitrogens with zero attached hydrogens (tertiary/aromatic N) is 6. The zero-order valence-electron chi connectivity index (χ0n) is 22.5. The van der Waals surface area contributed by atoms with Crippen molar-refractivity contribution >= 4 is 34.9 Å². The zero-order valence-corrected chi connectivity index (χ0v) is 24.0. The molecule has 1 aromatic carbocycles. The Morgan fingerprint density at radius 2 is 1.60 bits per heavy atom. The Balaban J connectivity index is 1.78. The molecule has 0 radical (unpaired) electrons. The monoisotopic (exact) mass is 647 g/mol. The van der Waals surface area contributed by atoms with E-state index in [-0.39, 0.29) is 50.1 Å². The van der Waals surface area contributed by atoms with Crippen LogP contribution in [-0.2, 0) is 25.3 Å². The second kappa shape index (κ2) is 12.0. The average molecular weight is 648 g/mol. The van der Waals surface area contributed by atoms with E-state index in [4.69, 9.17) is 23.2 Å². The van der Waals surface area contributed by atoms with Crippen LogP contribution in [-0.4, -0.2) is 47.5 Å². The topological polar surface area (TPSA) is 108 Å². The number of carbonyl (C=O) groups excluding carboxylic acids is 2. The van der Waals surface area contributed by atoms with E-state index in [0.717, 1.165) is 10.7 Å². The third-order valence-corrected chi connectivity index (χ3v) is 6.43. The quantitative estimate of drug-likeness (QED) is 0.182. The Labute approximate surface area is 249 Å². The van der Waals surface area contributed by atoms with E-state index in [2.05, 4.69) is 25.6 Å². The number of halogens is 8. The van der Waals surface area contributed by atoms with Gasteiger partial charge in [-0.2, -0.15) is 36.2 Å². The summed E-state index contributed by atoms with van der Waals surface area (Å²) in [5, 5.41) is 13.2. The average Bonchev–Trinajstić information content (AvgIpc) is 3.50. The molecule has 0 saturated carbocycles. The number of aromatic nitrogens is 6. The standard InChI is InChI=1S/C26H21Cl2F6N7O2/c1-12(2)36-24(43)17-8-14(27)7-13(3)16(17)10-20(42)19-9-15(37-41(19)23-18(28)5-4-6-35-23)11-40-38-21(25(29,30)31)22(39-40)26(32,33)34/h4-9,12H,10-11H2,1-3H3,(H,36,43). The maximum atomic E-state index is 13.7. The number of Topliss-reactive ketones (excluding diaryl/α,β-unsaturated/α-hetero) is 1. The van der Waals surface area contributed by atoms with Gasteiger partial charge in [0.1, 0.15) is 12.2 Å². The number of rotatable bonds is 8. The van der Waals surface area contributed by atoms with Gasteiger partial charge in [0.05, 0.1) is 10.7 Å². The van der Waals surface area contributed by atoms with E-state index in [1.807, 2.05) is 0 Å². The van der Waals surface area contributed by atoms with Crippen LogP contribution in [0.3, 0.4) is 0 Å². The number of ketones is 1. The van der Waals surface area contributed by atoms with E-state index in [0.29, 0.717) is 11.1 Å². The molecule has 43 heavy (non-hydrogen) atoms. The number of aryl methyl sites for hydroxylation is 1. The molecule has 4 rings (SSSR count). The molecule has 1 amide bonds. The number of alkyl halides is 6. The lowest BCUT2D eigenvalue weighted by atomic mass is 9.95. The summed E-state index contributed by atoms with van der Waals surface area (Å²) >= 11 is 12.4. The van der Waals surface area contributed by atoms with Crippen LogP contribution in [0.5, 0.6) is 0 Å². The van der Waals surface area contributed by atoms with Crippen LogP contribution in [0, 0.1) is 6.92 Å². The van der Waals surface area contributed by atoms with Crippen molar-refractivity contribution in [2.75, 3.05) is 0 Å². The fourth-order valence-electron chi connectivity index (χ4n) is 4.15. The highest BCUT2D eigenvalue weighted by molar-refractivity contribution is 6.32. The van der Waals surface area contributed by atoms with E-state index >= 15 is 0 Å². The lowest BCUT2D eigenvalue weighted by Crippen LogP contribution is -2.31. The van der Waals surface area contributed by atoms with Gasteiger partial charge < -0.3 is 5.32 Å². The van der Waals surface area contributed by atoms with Gasteiger partial charge in [0.2, 0.25) is 0 Å². The minimum atomic E-state index is -5.43. The lowest BCUT2D eigenvalue weighted by Gasteiger charge is -2.15. The second-order valence-corrected chi connectivity index (χ2v) is 10.5. The first kappa shape index (κ1) is 31.9. The van der Waals surface area contributed by atoms with Crippen LogP contribution in [0.4, 0.5) is 26.3 Å². The van der Waals surface area contributed by atoms with Gasteiger partial charge in [0.25, 0.3) is 5.91 Å². The number of hydrogen-bond acceptors (Lipinski definition) is 6. The first-order valence-corrected chi connectivity index (χ1v) is 13.1. The molecular weight excluding hydrogens is 627 g/mol. The van der Waals surface area contributed by atoms with Gasteiger partial charge in [-0.05, 0) is 62.2 Å².